The van der Waals surface area contributed by atoms with Crippen LogP contribution in [0, 0.1) is 0 Å². The van der Waals surface area contributed by atoms with Crippen molar-refractivity contribution < 1.29 is 0 Å². The van der Waals surface area contributed by atoms with Crippen molar-refractivity contribution in [2.24, 2.45) is 11.5 Å². The fourth-order valence-electron chi connectivity index (χ4n) is 0.972. The number of hydrogen-bond acceptors (Lipinski definition) is 3. The smallest absolute Gasteiger partial charge is 0.0702 e. The molecule has 0 bridgehead atoms. The van der Waals surface area contributed by atoms with Crippen molar-refractivity contribution in [2.45, 2.75) is 25.4 Å². The van der Waals surface area contributed by atoms with Crippen LogP contribution in [0.15, 0.2) is 15.9 Å². The second kappa shape index (κ2) is 4.37. The topological polar surface area (TPSA) is 52.0 Å². The molecule has 1 aromatic heterocycles. The van der Waals surface area contributed by atoms with Crippen LogP contribution in [0.1, 0.15) is 24.3 Å². The van der Waals surface area contributed by atoms with Crippen molar-refractivity contribution in [3.05, 3.63) is 20.8 Å². The van der Waals surface area contributed by atoms with Gasteiger partial charge in [-0.2, -0.15) is 0 Å². The Hall–Kier alpha value is 0.1000. The lowest BCUT2D eigenvalue weighted by molar-refractivity contribution is 0.539. The summed E-state index contributed by atoms with van der Waals surface area (Å²) in [5.74, 6) is 0. The molecule has 68 valence electrons. The summed E-state index contributed by atoms with van der Waals surface area (Å²) < 4.78 is 1.11. The highest BCUT2D eigenvalue weighted by atomic mass is 79.9. The highest BCUT2D eigenvalue weighted by molar-refractivity contribution is 9.11. The van der Waals surface area contributed by atoms with Gasteiger partial charge in [0.1, 0.15) is 0 Å². The van der Waals surface area contributed by atoms with Crippen LogP contribution in [0.3, 0.4) is 0 Å². The molecule has 0 saturated carbocycles. The van der Waals surface area contributed by atoms with Crippen LogP contribution < -0.4 is 11.5 Å². The molecule has 0 saturated heterocycles. The molecule has 0 aliphatic carbocycles. The summed E-state index contributed by atoms with van der Waals surface area (Å²) in [6.45, 7) is 2.05. The molecule has 0 radical (unpaired) electrons. The molecule has 0 aromatic carbocycles. The lowest BCUT2D eigenvalue weighted by atomic mass is 10.1. The average Bonchev–Trinajstić information content (AvgIpc) is 2.49. The summed E-state index contributed by atoms with van der Waals surface area (Å²) in [7, 11) is 0. The lowest BCUT2D eigenvalue weighted by Crippen LogP contribution is -2.32. The second-order valence-corrected chi connectivity index (χ2v) is 5.23. The Morgan fingerprint density at radius 2 is 2.17 bits per heavy atom. The van der Waals surface area contributed by atoms with E-state index < -0.39 is 0 Å². The minimum Gasteiger partial charge on any atom is -0.326 e. The minimum absolute atomic E-state index is 0.0219. The van der Waals surface area contributed by atoms with Gasteiger partial charge in [0.15, 0.2) is 0 Å². The van der Waals surface area contributed by atoms with Crippen molar-refractivity contribution in [2.75, 3.05) is 0 Å². The van der Waals surface area contributed by atoms with Crippen molar-refractivity contribution in [1.29, 1.82) is 0 Å². The van der Waals surface area contributed by atoms with Crippen LogP contribution in [0.4, 0.5) is 0 Å². The highest BCUT2D eigenvalue weighted by Crippen LogP contribution is 2.27. The van der Waals surface area contributed by atoms with E-state index in [-0.39, 0.29) is 12.1 Å². The monoisotopic (exact) mass is 248 g/mol. The van der Waals surface area contributed by atoms with Crippen LogP contribution in [0.2, 0.25) is 0 Å². The molecule has 1 aromatic rings. The van der Waals surface area contributed by atoms with Gasteiger partial charge in [-0.05, 0) is 34.5 Å². The van der Waals surface area contributed by atoms with Crippen LogP contribution in [-0.4, -0.2) is 6.04 Å². The predicted molar refractivity (Wildman–Crippen MR) is 57.2 cm³/mol. The van der Waals surface area contributed by atoms with Crippen LogP contribution in [-0.2, 0) is 0 Å². The summed E-state index contributed by atoms with van der Waals surface area (Å²) in [5, 5.41) is 0. The van der Waals surface area contributed by atoms with Crippen LogP contribution in [0.5, 0.6) is 0 Å². The summed E-state index contributed by atoms with van der Waals surface area (Å²) in [4.78, 5) is 1.15. The molecule has 12 heavy (non-hydrogen) atoms. The van der Waals surface area contributed by atoms with Crippen molar-refractivity contribution in [1.82, 2.24) is 0 Å². The second-order valence-electron chi connectivity index (χ2n) is 2.74. The first-order chi connectivity index (χ1) is 5.65. The molecule has 0 spiro atoms. The van der Waals surface area contributed by atoms with E-state index in [0.29, 0.717) is 0 Å². The van der Waals surface area contributed by atoms with Crippen molar-refractivity contribution >= 4 is 27.3 Å². The van der Waals surface area contributed by atoms with E-state index in [0.717, 1.165) is 15.1 Å². The fourth-order valence-corrected chi connectivity index (χ4v) is 2.47. The molecule has 0 aliphatic rings. The van der Waals surface area contributed by atoms with E-state index >= 15 is 0 Å². The Labute approximate surface area is 85.1 Å². The van der Waals surface area contributed by atoms with Gasteiger partial charge in [-0.3, -0.25) is 0 Å². The van der Waals surface area contributed by atoms with Gasteiger partial charge in [0, 0.05) is 10.9 Å². The molecule has 1 rings (SSSR count). The first-order valence-electron chi connectivity index (χ1n) is 3.91. The van der Waals surface area contributed by atoms with Crippen LogP contribution >= 0.6 is 27.3 Å². The van der Waals surface area contributed by atoms with Gasteiger partial charge < -0.3 is 11.5 Å². The van der Waals surface area contributed by atoms with E-state index in [4.69, 9.17) is 11.5 Å². The largest absolute Gasteiger partial charge is 0.326 e. The molecule has 4 N–H and O–H groups in total. The molecule has 4 heteroatoms. The summed E-state index contributed by atoms with van der Waals surface area (Å²) in [6, 6.07) is 4.07. The van der Waals surface area contributed by atoms with Gasteiger partial charge in [-0.15, -0.1) is 11.3 Å². The standard InChI is InChI=1S/C8H13BrN2S/c1-2-5(10)8(11)6-3-4-7(9)12-6/h3-5,8H,2,10-11H2,1H3. The third-order valence-electron chi connectivity index (χ3n) is 1.86. The Kier molecular flexibility index (Phi) is 3.71. The number of thiophene rings is 1. The van der Waals surface area contributed by atoms with Gasteiger partial charge in [-0.1, -0.05) is 6.92 Å². The fraction of sp³-hybridized carbons (Fsp3) is 0.500. The maximum Gasteiger partial charge on any atom is 0.0702 e. The predicted octanol–water partition coefficient (Wildman–Crippen LogP) is 2.25. The zero-order chi connectivity index (χ0) is 9.14. The van der Waals surface area contributed by atoms with Gasteiger partial charge in [0.2, 0.25) is 0 Å². The van der Waals surface area contributed by atoms with E-state index in [9.17, 15) is 0 Å². The van der Waals surface area contributed by atoms with Gasteiger partial charge >= 0.3 is 0 Å². The minimum atomic E-state index is -0.0219. The Morgan fingerprint density at radius 1 is 1.50 bits per heavy atom. The molecular weight excluding hydrogens is 236 g/mol. The van der Waals surface area contributed by atoms with Gasteiger partial charge in [-0.25, -0.2) is 0 Å². The first kappa shape index (κ1) is 10.2. The normalized spacial score (nSPS) is 16.0. The number of hydrogen-bond donors (Lipinski definition) is 2. The van der Waals surface area contributed by atoms with Gasteiger partial charge in [0.25, 0.3) is 0 Å². The zero-order valence-electron chi connectivity index (χ0n) is 6.96. The summed E-state index contributed by atoms with van der Waals surface area (Å²) in [5.41, 5.74) is 11.8. The van der Waals surface area contributed by atoms with Gasteiger partial charge in [0.05, 0.1) is 9.83 Å². The van der Waals surface area contributed by atoms with E-state index in [2.05, 4.69) is 15.9 Å². The number of nitrogens with two attached hydrogens (primary N) is 2. The molecule has 2 nitrogen and oxygen atoms in total. The SMILES string of the molecule is CCC(N)C(N)c1ccc(Br)s1. The van der Waals surface area contributed by atoms with E-state index in [1.807, 2.05) is 19.1 Å². The molecule has 2 unspecified atom stereocenters. The highest BCUT2D eigenvalue weighted by Gasteiger charge is 2.14. The maximum absolute atomic E-state index is 5.93. The quantitative estimate of drug-likeness (QED) is 0.863. The Morgan fingerprint density at radius 3 is 2.58 bits per heavy atom. The summed E-state index contributed by atoms with van der Waals surface area (Å²) >= 11 is 5.04. The molecule has 0 aliphatic heterocycles. The van der Waals surface area contributed by atoms with E-state index in [1.165, 1.54) is 0 Å². The third-order valence-corrected chi connectivity index (χ3v) is 3.58. The third kappa shape index (κ3) is 2.29. The lowest BCUT2D eigenvalue weighted by Gasteiger charge is -2.16. The molecular formula is C8H13BrN2S. The molecule has 0 fully saturated rings. The van der Waals surface area contributed by atoms with Crippen molar-refractivity contribution in [3.8, 4) is 0 Å². The van der Waals surface area contributed by atoms with E-state index in [1.54, 1.807) is 11.3 Å². The molecule has 2 atom stereocenters. The Bertz CT molecular complexity index is 249. The van der Waals surface area contributed by atoms with Crippen molar-refractivity contribution in [3.63, 3.8) is 0 Å². The average molecular weight is 249 g/mol. The molecule has 1 heterocycles. The maximum atomic E-state index is 5.93. The Balaban J connectivity index is 2.70. The molecule has 0 amide bonds. The first-order valence-corrected chi connectivity index (χ1v) is 5.52. The van der Waals surface area contributed by atoms with Crippen LogP contribution in [0.25, 0.3) is 0 Å². The zero-order valence-corrected chi connectivity index (χ0v) is 9.36. The number of rotatable bonds is 3. The number of halogens is 1. The summed E-state index contributed by atoms with van der Waals surface area (Å²) in [6.07, 6.45) is 0.913.